The monoisotopic (exact) mass is 463 g/mol. The lowest BCUT2D eigenvalue weighted by Gasteiger charge is -2.30. The van der Waals surface area contributed by atoms with Gasteiger partial charge in [0.2, 0.25) is 11.7 Å². The lowest BCUT2D eigenvalue weighted by Crippen LogP contribution is -2.40. The lowest BCUT2D eigenvalue weighted by molar-refractivity contribution is 0.166. The van der Waals surface area contributed by atoms with Crippen molar-refractivity contribution in [1.29, 1.82) is 0 Å². The van der Waals surface area contributed by atoms with Crippen LogP contribution in [-0.4, -0.2) is 43.2 Å². The van der Waals surface area contributed by atoms with Crippen LogP contribution in [0.5, 0.6) is 0 Å². The van der Waals surface area contributed by atoms with E-state index in [1.807, 2.05) is 54.6 Å². The van der Waals surface area contributed by atoms with E-state index in [0.717, 1.165) is 12.1 Å². The largest absolute Gasteiger partial charge is 0.338 e. The summed E-state index contributed by atoms with van der Waals surface area (Å²) in [6, 6.07) is 18.0. The Kier molecular flexibility index (Phi) is 7.25. The number of hydrogen-bond donors (Lipinski definition) is 0. The average molecular weight is 464 g/mol. The molecule has 2 heterocycles. The number of hydrogen-bond acceptors (Lipinski definition) is 7. The molecule has 172 valence electrons. The Morgan fingerprint density at radius 3 is 2.39 bits per heavy atom. The van der Waals surface area contributed by atoms with E-state index < -0.39 is 0 Å². The molecule has 2 aromatic carbocycles. The van der Waals surface area contributed by atoms with Crippen LogP contribution in [0.1, 0.15) is 33.6 Å². The number of thioether (sulfide) groups is 1. The third kappa shape index (κ3) is 5.34. The van der Waals surface area contributed by atoms with E-state index in [0.29, 0.717) is 52.2 Å². The third-order valence-corrected chi connectivity index (χ3v) is 6.52. The maximum absolute atomic E-state index is 13.3. The van der Waals surface area contributed by atoms with Crippen molar-refractivity contribution in [3.63, 3.8) is 0 Å². The highest BCUT2D eigenvalue weighted by Crippen LogP contribution is 2.23. The standard InChI is InChI=1S/C25H29N5O2S/c1-17(2)29(18(3)4)14-15-30-24(31)20-12-8-9-13-21(20)26-25(30)33-16-22-27-23(28-32-22)19-10-6-5-7-11-19/h5-13,17-18H,14-16H2,1-4H3. The van der Waals surface area contributed by atoms with E-state index in [4.69, 9.17) is 9.51 Å². The fourth-order valence-corrected chi connectivity index (χ4v) is 4.79. The number of aromatic nitrogens is 4. The second-order valence-electron chi connectivity index (χ2n) is 8.46. The molecule has 8 heteroatoms. The number of benzene rings is 2. The fourth-order valence-electron chi connectivity index (χ4n) is 3.93. The van der Waals surface area contributed by atoms with Crippen LogP contribution in [0, 0.1) is 0 Å². The summed E-state index contributed by atoms with van der Waals surface area (Å²) >= 11 is 1.44. The molecule has 7 nitrogen and oxygen atoms in total. The van der Waals surface area contributed by atoms with Gasteiger partial charge in [-0.1, -0.05) is 59.4 Å². The molecule has 2 aromatic heterocycles. The molecule has 0 fully saturated rings. The molecule has 4 rings (SSSR count). The van der Waals surface area contributed by atoms with Gasteiger partial charge in [0.15, 0.2) is 5.16 Å². The van der Waals surface area contributed by atoms with Gasteiger partial charge in [-0.05, 0) is 39.8 Å². The Morgan fingerprint density at radius 1 is 0.970 bits per heavy atom. The molecule has 0 amide bonds. The molecule has 4 aromatic rings. The topological polar surface area (TPSA) is 77.1 Å². The fraction of sp³-hybridized carbons (Fsp3) is 0.360. The predicted molar refractivity (Wildman–Crippen MR) is 132 cm³/mol. The Labute approximate surface area is 197 Å². The van der Waals surface area contributed by atoms with E-state index in [1.165, 1.54) is 11.8 Å². The van der Waals surface area contributed by atoms with Crippen LogP contribution in [0.2, 0.25) is 0 Å². The molecule has 0 atom stereocenters. The van der Waals surface area contributed by atoms with Crippen molar-refractivity contribution in [2.24, 2.45) is 0 Å². The number of nitrogens with zero attached hydrogens (tertiary/aromatic N) is 5. The first-order chi connectivity index (χ1) is 15.9. The van der Waals surface area contributed by atoms with Crippen LogP contribution in [0.3, 0.4) is 0 Å². The summed E-state index contributed by atoms with van der Waals surface area (Å²) in [4.78, 5) is 25.0. The van der Waals surface area contributed by atoms with E-state index in [2.05, 4.69) is 42.7 Å². The van der Waals surface area contributed by atoms with Crippen molar-refractivity contribution >= 4 is 22.7 Å². The molecular weight excluding hydrogens is 434 g/mol. The molecule has 0 bridgehead atoms. The van der Waals surface area contributed by atoms with Crippen LogP contribution in [0.15, 0.2) is 69.1 Å². The van der Waals surface area contributed by atoms with Crippen LogP contribution in [-0.2, 0) is 12.3 Å². The van der Waals surface area contributed by atoms with Crippen molar-refractivity contribution in [3.05, 3.63) is 70.8 Å². The molecule has 0 saturated heterocycles. The second kappa shape index (κ2) is 10.3. The highest BCUT2D eigenvalue weighted by atomic mass is 32.2. The van der Waals surface area contributed by atoms with E-state index in [1.54, 1.807) is 4.57 Å². The average Bonchev–Trinajstić information content (AvgIpc) is 3.28. The first kappa shape index (κ1) is 23.2. The highest BCUT2D eigenvalue weighted by molar-refractivity contribution is 7.98. The zero-order valence-electron chi connectivity index (χ0n) is 19.4. The third-order valence-electron chi connectivity index (χ3n) is 5.56. The quantitative estimate of drug-likeness (QED) is 0.259. The minimum Gasteiger partial charge on any atom is -0.338 e. The maximum Gasteiger partial charge on any atom is 0.262 e. The summed E-state index contributed by atoms with van der Waals surface area (Å²) in [6.07, 6.45) is 0. The summed E-state index contributed by atoms with van der Waals surface area (Å²) in [7, 11) is 0. The zero-order chi connectivity index (χ0) is 23.4. The Morgan fingerprint density at radius 2 is 1.67 bits per heavy atom. The molecule has 0 spiro atoms. The number of fused-ring (bicyclic) bond motifs is 1. The molecule has 33 heavy (non-hydrogen) atoms. The maximum atomic E-state index is 13.3. The van der Waals surface area contributed by atoms with Gasteiger partial charge in [0.25, 0.3) is 5.56 Å². The second-order valence-corrected chi connectivity index (χ2v) is 9.40. The van der Waals surface area contributed by atoms with Gasteiger partial charge < -0.3 is 4.52 Å². The SMILES string of the molecule is CC(C)N(CCn1c(SCc2nc(-c3ccccc3)no2)nc2ccccc2c1=O)C(C)C. The van der Waals surface area contributed by atoms with Gasteiger partial charge in [0.05, 0.1) is 16.7 Å². The minimum absolute atomic E-state index is 0.0222. The first-order valence-electron chi connectivity index (χ1n) is 11.2. The summed E-state index contributed by atoms with van der Waals surface area (Å²) in [5, 5.41) is 5.38. The normalized spacial score (nSPS) is 11.8. The van der Waals surface area contributed by atoms with Gasteiger partial charge in [-0.3, -0.25) is 14.3 Å². The molecule has 0 aliphatic carbocycles. The Balaban J connectivity index is 1.60. The lowest BCUT2D eigenvalue weighted by atomic mass is 10.2. The van der Waals surface area contributed by atoms with Crippen molar-refractivity contribution < 1.29 is 4.52 Å². The van der Waals surface area contributed by atoms with Crippen molar-refractivity contribution in [2.45, 2.75) is 57.2 Å². The van der Waals surface area contributed by atoms with Crippen LogP contribution >= 0.6 is 11.8 Å². The number of rotatable bonds is 9. The molecule has 0 aliphatic heterocycles. The van der Waals surface area contributed by atoms with Gasteiger partial charge in [-0.2, -0.15) is 4.98 Å². The number of para-hydroxylation sites is 1. The molecular formula is C25H29N5O2S. The van der Waals surface area contributed by atoms with Gasteiger partial charge in [-0.15, -0.1) is 0 Å². The van der Waals surface area contributed by atoms with E-state index in [9.17, 15) is 4.79 Å². The van der Waals surface area contributed by atoms with Gasteiger partial charge >= 0.3 is 0 Å². The first-order valence-corrected chi connectivity index (χ1v) is 12.2. The molecule has 0 radical (unpaired) electrons. The van der Waals surface area contributed by atoms with Crippen LogP contribution < -0.4 is 5.56 Å². The van der Waals surface area contributed by atoms with Gasteiger partial charge in [0.1, 0.15) is 0 Å². The summed E-state index contributed by atoms with van der Waals surface area (Å²) in [6.45, 7) is 10.0. The molecule has 0 unspecified atom stereocenters. The zero-order valence-corrected chi connectivity index (χ0v) is 20.2. The molecule has 0 N–H and O–H groups in total. The van der Waals surface area contributed by atoms with Gasteiger partial charge in [-0.25, -0.2) is 4.98 Å². The van der Waals surface area contributed by atoms with Gasteiger partial charge in [0, 0.05) is 30.7 Å². The van der Waals surface area contributed by atoms with E-state index >= 15 is 0 Å². The predicted octanol–water partition coefficient (Wildman–Crippen LogP) is 4.86. The summed E-state index contributed by atoms with van der Waals surface area (Å²) < 4.78 is 7.23. The highest BCUT2D eigenvalue weighted by Gasteiger charge is 2.17. The summed E-state index contributed by atoms with van der Waals surface area (Å²) in [5.41, 5.74) is 1.58. The molecule has 0 aliphatic rings. The van der Waals surface area contributed by atoms with Crippen LogP contribution in [0.25, 0.3) is 22.3 Å². The van der Waals surface area contributed by atoms with Crippen molar-refractivity contribution in [2.75, 3.05) is 6.54 Å². The minimum atomic E-state index is -0.0222. The molecule has 0 saturated carbocycles. The Hall–Kier alpha value is -2.97. The van der Waals surface area contributed by atoms with Crippen molar-refractivity contribution in [1.82, 2.24) is 24.6 Å². The summed E-state index contributed by atoms with van der Waals surface area (Å²) in [5.74, 6) is 1.49. The Bertz CT molecular complexity index is 1260. The smallest absolute Gasteiger partial charge is 0.262 e. The van der Waals surface area contributed by atoms with Crippen molar-refractivity contribution in [3.8, 4) is 11.4 Å². The van der Waals surface area contributed by atoms with E-state index in [-0.39, 0.29) is 5.56 Å². The van der Waals surface area contributed by atoms with Crippen LogP contribution in [0.4, 0.5) is 0 Å².